The van der Waals surface area contributed by atoms with Crippen LogP contribution in [0.5, 0.6) is 0 Å². The highest BCUT2D eigenvalue weighted by Crippen LogP contribution is 1.45. The molecule has 0 aliphatic heterocycles. The minimum Gasteiger partial charge on any atom is -0.0966 e. The lowest BCUT2D eigenvalue weighted by atomic mass is 11.0. The van der Waals surface area contributed by atoms with Gasteiger partial charge in [0.1, 0.15) is 0 Å². The van der Waals surface area contributed by atoms with Crippen LogP contribution in [0.25, 0.3) is 0 Å². The van der Waals surface area contributed by atoms with E-state index in [0.29, 0.717) is 0 Å². The number of alkyl halides is 1. The van der Waals surface area contributed by atoms with Gasteiger partial charge in [0, 0.05) is 0 Å². The zero-order valence-electron chi connectivity index (χ0n) is 5.38. The van der Waals surface area contributed by atoms with E-state index in [2.05, 4.69) is 15.9 Å². The molecule has 0 fully saturated rings. The van der Waals surface area contributed by atoms with E-state index < -0.39 is 0 Å². The number of halogens is 1. The quantitative estimate of drug-likeness (QED) is 0.471. The molecular weight excluding hydrogens is 140 g/mol. The standard InChI is InChI=1S/2C2H6.CH3Br/c3*1-2/h2*1-2H3;1H3. The molecule has 1 heteroatoms. The van der Waals surface area contributed by atoms with Gasteiger partial charge in [0.2, 0.25) is 0 Å². The summed E-state index contributed by atoms with van der Waals surface area (Å²) in [4.78, 5) is 0. The fourth-order valence-electron chi connectivity index (χ4n) is 0. The smallest absolute Gasteiger partial charge is 0.00848 e. The highest BCUT2D eigenvalue weighted by Gasteiger charge is 0.949. The van der Waals surface area contributed by atoms with Crippen LogP contribution in [0, 0.1) is 0 Å². The van der Waals surface area contributed by atoms with E-state index in [1.807, 2.05) is 33.5 Å². The van der Waals surface area contributed by atoms with Crippen molar-refractivity contribution in [2.75, 3.05) is 5.83 Å². The third kappa shape index (κ3) is 235. The fraction of sp³-hybridized carbons (Fsp3) is 1.00. The molecule has 0 aromatic heterocycles. The monoisotopic (exact) mass is 154 g/mol. The van der Waals surface area contributed by atoms with Crippen LogP contribution >= 0.6 is 15.9 Å². The van der Waals surface area contributed by atoms with Crippen molar-refractivity contribution < 1.29 is 0 Å². The summed E-state index contributed by atoms with van der Waals surface area (Å²) in [6.45, 7) is 8.00. The average molecular weight is 155 g/mol. The van der Waals surface area contributed by atoms with Gasteiger partial charge in [-0.25, -0.2) is 0 Å². The fourth-order valence-corrected chi connectivity index (χ4v) is 0. The van der Waals surface area contributed by atoms with Gasteiger partial charge >= 0.3 is 0 Å². The molecule has 0 saturated carbocycles. The summed E-state index contributed by atoms with van der Waals surface area (Å²) in [6, 6.07) is 0. The normalized spacial score (nSPS) is 3.00. The molecule has 6 heavy (non-hydrogen) atoms. The average Bonchev–Trinajstić information content (AvgIpc) is 1.81. The molecule has 0 aromatic rings. The maximum absolute atomic E-state index is 2.94. The van der Waals surface area contributed by atoms with Gasteiger partial charge in [-0.15, -0.1) is 0 Å². The van der Waals surface area contributed by atoms with E-state index in [1.165, 1.54) is 0 Å². The second kappa shape index (κ2) is 477. The van der Waals surface area contributed by atoms with Crippen molar-refractivity contribution in [2.45, 2.75) is 27.7 Å². The zero-order chi connectivity index (χ0) is 6.00. The van der Waals surface area contributed by atoms with E-state index in [4.69, 9.17) is 0 Å². The molecule has 0 unspecified atom stereocenters. The van der Waals surface area contributed by atoms with Gasteiger partial charge in [0.05, 0.1) is 0 Å². The Hall–Kier alpha value is 0.480. The maximum atomic E-state index is 2.94. The van der Waals surface area contributed by atoms with Crippen LogP contribution in [-0.2, 0) is 0 Å². The zero-order valence-corrected chi connectivity index (χ0v) is 6.96. The Bertz CT molecular complexity index is 3.90. The minimum atomic E-state index is 1.81. The number of hydrogen-bond acceptors (Lipinski definition) is 0. The molecule has 0 aromatic carbocycles. The van der Waals surface area contributed by atoms with Crippen molar-refractivity contribution >= 4 is 15.9 Å². The van der Waals surface area contributed by atoms with Crippen LogP contribution in [0.3, 0.4) is 0 Å². The molecule has 0 amide bonds. The highest BCUT2D eigenvalue weighted by molar-refractivity contribution is 9.08. The summed E-state index contributed by atoms with van der Waals surface area (Å²) in [5.74, 6) is 1.81. The van der Waals surface area contributed by atoms with E-state index in [9.17, 15) is 0 Å². The van der Waals surface area contributed by atoms with Crippen LogP contribution in [0.15, 0.2) is 0 Å². The summed E-state index contributed by atoms with van der Waals surface area (Å²) in [5, 5.41) is 0. The van der Waals surface area contributed by atoms with Crippen LogP contribution < -0.4 is 0 Å². The van der Waals surface area contributed by atoms with Gasteiger partial charge in [-0.1, -0.05) is 43.6 Å². The van der Waals surface area contributed by atoms with Gasteiger partial charge in [0.15, 0.2) is 0 Å². The first-order valence-corrected chi connectivity index (χ1v) is 3.96. The Kier molecular flexibility index (Phi) is 1280. The van der Waals surface area contributed by atoms with Crippen molar-refractivity contribution in [3.8, 4) is 0 Å². The van der Waals surface area contributed by atoms with Crippen LogP contribution in [-0.4, -0.2) is 5.83 Å². The number of rotatable bonds is 0. The van der Waals surface area contributed by atoms with Crippen molar-refractivity contribution in [3.63, 3.8) is 0 Å². The van der Waals surface area contributed by atoms with E-state index in [0.717, 1.165) is 0 Å². The third-order valence-electron chi connectivity index (χ3n) is 0. The predicted octanol–water partition coefficient (Wildman–Crippen LogP) is 3.06. The Labute approximate surface area is 50.1 Å². The lowest BCUT2D eigenvalue weighted by Gasteiger charge is -1.07. The highest BCUT2D eigenvalue weighted by atomic mass is 79.9. The molecule has 0 aliphatic carbocycles. The van der Waals surface area contributed by atoms with Gasteiger partial charge in [-0.3, -0.25) is 0 Å². The van der Waals surface area contributed by atoms with Gasteiger partial charge in [-0.05, 0) is 5.83 Å². The molecule has 0 heterocycles. The molecule has 0 bridgehead atoms. The van der Waals surface area contributed by atoms with Gasteiger partial charge in [-0.2, -0.15) is 0 Å². The third-order valence-corrected chi connectivity index (χ3v) is 0. The lowest BCUT2D eigenvalue weighted by Crippen LogP contribution is -0.856. The van der Waals surface area contributed by atoms with Crippen LogP contribution in [0.1, 0.15) is 27.7 Å². The molecule has 0 rings (SSSR count). The summed E-state index contributed by atoms with van der Waals surface area (Å²) >= 11 is 2.94. The van der Waals surface area contributed by atoms with Crippen molar-refractivity contribution in [2.24, 2.45) is 0 Å². The molecule has 0 spiro atoms. The lowest BCUT2D eigenvalue weighted by molar-refractivity contribution is 1.50. The molecule has 0 aliphatic rings. The molecule has 0 radical (unpaired) electrons. The Morgan fingerprint density at radius 2 is 0.667 bits per heavy atom. The van der Waals surface area contributed by atoms with Gasteiger partial charge in [0.25, 0.3) is 0 Å². The van der Waals surface area contributed by atoms with Crippen molar-refractivity contribution in [1.82, 2.24) is 0 Å². The Balaban J connectivity index is -0.0000000225. The molecule has 42 valence electrons. The van der Waals surface area contributed by atoms with Crippen LogP contribution in [0.4, 0.5) is 0 Å². The molecule has 0 atom stereocenters. The molecule has 0 saturated heterocycles. The first-order valence-electron chi connectivity index (χ1n) is 2.38. The Morgan fingerprint density at radius 1 is 0.667 bits per heavy atom. The van der Waals surface area contributed by atoms with Crippen molar-refractivity contribution in [3.05, 3.63) is 0 Å². The molecule has 0 nitrogen and oxygen atoms in total. The SMILES string of the molecule is CBr.CC.CC. The molecule has 0 N–H and O–H groups in total. The first kappa shape index (κ1) is 16.1. The van der Waals surface area contributed by atoms with E-state index in [1.54, 1.807) is 0 Å². The number of hydrogen-bond donors (Lipinski definition) is 0. The second-order valence-electron chi connectivity index (χ2n) is 0. The largest absolute Gasteiger partial charge is 0.0966 e. The van der Waals surface area contributed by atoms with Gasteiger partial charge < -0.3 is 0 Å². The predicted molar refractivity (Wildman–Crippen MR) is 37.5 cm³/mol. The Morgan fingerprint density at radius 3 is 0.667 bits per heavy atom. The maximum Gasteiger partial charge on any atom is -0.00848 e. The first-order chi connectivity index (χ1) is 3.00. The topological polar surface area (TPSA) is 0 Å². The summed E-state index contributed by atoms with van der Waals surface area (Å²) in [6.07, 6.45) is 0. The summed E-state index contributed by atoms with van der Waals surface area (Å²) in [5.41, 5.74) is 0. The van der Waals surface area contributed by atoms with E-state index >= 15 is 0 Å². The minimum absolute atomic E-state index is 1.81. The summed E-state index contributed by atoms with van der Waals surface area (Å²) in [7, 11) is 0. The summed E-state index contributed by atoms with van der Waals surface area (Å²) < 4.78 is 0. The molecular formula is C5H15Br. The second-order valence-corrected chi connectivity index (χ2v) is 0. The van der Waals surface area contributed by atoms with Crippen molar-refractivity contribution in [1.29, 1.82) is 0 Å². The van der Waals surface area contributed by atoms with E-state index in [-0.39, 0.29) is 0 Å². The van der Waals surface area contributed by atoms with Crippen LogP contribution in [0.2, 0.25) is 0 Å².